The Hall–Kier alpha value is -3.25. The van der Waals surface area contributed by atoms with Gasteiger partial charge in [0, 0.05) is 51.5 Å². The van der Waals surface area contributed by atoms with Gasteiger partial charge in [-0.05, 0) is 31.2 Å². The standard InChI is InChI=1S/C22H29N5O6S/c1-4-26(5-2)34(31,32)17-9-10-19(20(16-17)27(29)30)24-12-14-25(15-13-24)22(28)18-8-7-11-23-21(18)33-6-3/h7-11,16H,4-6,12-15H2,1-3H3. The lowest BCUT2D eigenvalue weighted by Gasteiger charge is -2.36. The highest BCUT2D eigenvalue weighted by Crippen LogP contribution is 2.32. The van der Waals surface area contributed by atoms with Crippen LogP contribution in [0.5, 0.6) is 5.88 Å². The van der Waals surface area contributed by atoms with E-state index in [0.717, 1.165) is 6.07 Å². The van der Waals surface area contributed by atoms with Crippen molar-refractivity contribution in [3.05, 3.63) is 52.2 Å². The molecule has 0 atom stereocenters. The minimum atomic E-state index is -3.82. The van der Waals surface area contributed by atoms with Gasteiger partial charge in [0.25, 0.3) is 11.6 Å². The van der Waals surface area contributed by atoms with Crippen molar-refractivity contribution in [2.24, 2.45) is 0 Å². The molecule has 1 aliphatic heterocycles. The molecular formula is C22H29N5O6S. The van der Waals surface area contributed by atoms with Crippen LogP contribution in [0.3, 0.4) is 0 Å². The predicted octanol–water partition coefficient (Wildman–Crippen LogP) is 2.38. The highest BCUT2D eigenvalue weighted by Gasteiger charge is 2.30. The molecule has 0 radical (unpaired) electrons. The number of carbonyl (C=O) groups excluding carboxylic acids is 1. The summed E-state index contributed by atoms with van der Waals surface area (Å²) in [7, 11) is -3.82. The van der Waals surface area contributed by atoms with E-state index in [-0.39, 0.29) is 35.5 Å². The van der Waals surface area contributed by atoms with Crippen molar-refractivity contribution in [2.75, 3.05) is 50.8 Å². The molecule has 0 unspecified atom stereocenters. The van der Waals surface area contributed by atoms with Crippen LogP contribution in [0.4, 0.5) is 11.4 Å². The topological polar surface area (TPSA) is 126 Å². The number of piperazine rings is 1. The number of pyridine rings is 1. The van der Waals surface area contributed by atoms with Crippen LogP contribution < -0.4 is 9.64 Å². The molecule has 0 spiro atoms. The van der Waals surface area contributed by atoms with Gasteiger partial charge < -0.3 is 14.5 Å². The van der Waals surface area contributed by atoms with Crippen LogP contribution >= 0.6 is 0 Å². The Morgan fingerprint density at radius 2 is 1.82 bits per heavy atom. The second-order valence-electron chi connectivity index (χ2n) is 7.57. The molecule has 0 aliphatic carbocycles. The zero-order valence-corrected chi connectivity index (χ0v) is 20.3. The molecule has 1 fully saturated rings. The average Bonchev–Trinajstić information content (AvgIpc) is 2.84. The van der Waals surface area contributed by atoms with Crippen molar-refractivity contribution in [2.45, 2.75) is 25.7 Å². The van der Waals surface area contributed by atoms with Gasteiger partial charge in [-0.1, -0.05) is 13.8 Å². The van der Waals surface area contributed by atoms with Crippen LogP contribution in [0.2, 0.25) is 0 Å². The van der Waals surface area contributed by atoms with Gasteiger partial charge in [-0.3, -0.25) is 14.9 Å². The first-order valence-corrected chi connectivity index (χ1v) is 12.6. The maximum absolute atomic E-state index is 13.0. The van der Waals surface area contributed by atoms with Gasteiger partial charge in [-0.2, -0.15) is 4.31 Å². The normalized spacial score (nSPS) is 14.4. The van der Waals surface area contributed by atoms with Gasteiger partial charge >= 0.3 is 0 Å². The summed E-state index contributed by atoms with van der Waals surface area (Å²) in [6.45, 7) is 7.57. The SMILES string of the molecule is CCOc1ncccc1C(=O)N1CCN(c2ccc(S(=O)(=O)N(CC)CC)cc2[N+](=O)[O-])CC1. The van der Waals surface area contributed by atoms with E-state index in [0.29, 0.717) is 44.0 Å². The highest BCUT2D eigenvalue weighted by atomic mass is 32.2. The maximum atomic E-state index is 13.0. The van der Waals surface area contributed by atoms with E-state index in [4.69, 9.17) is 4.74 Å². The molecular weight excluding hydrogens is 462 g/mol. The quantitative estimate of drug-likeness (QED) is 0.387. The summed E-state index contributed by atoms with van der Waals surface area (Å²) >= 11 is 0. The molecule has 0 N–H and O–H groups in total. The van der Waals surface area contributed by atoms with Crippen LogP contribution in [0.1, 0.15) is 31.1 Å². The van der Waals surface area contributed by atoms with Gasteiger partial charge in [0.05, 0.1) is 16.4 Å². The molecule has 184 valence electrons. The summed E-state index contributed by atoms with van der Waals surface area (Å²) in [6.07, 6.45) is 1.56. The molecule has 1 saturated heterocycles. The number of nitro benzene ring substituents is 1. The molecule has 1 amide bonds. The Labute approximate surface area is 199 Å². The predicted molar refractivity (Wildman–Crippen MR) is 127 cm³/mol. The number of nitrogens with zero attached hydrogens (tertiary/aromatic N) is 5. The zero-order chi connectivity index (χ0) is 24.9. The Morgan fingerprint density at radius 1 is 1.15 bits per heavy atom. The van der Waals surface area contributed by atoms with Crippen LogP contribution in [-0.4, -0.2) is 79.3 Å². The van der Waals surface area contributed by atoms with Crippen LogP contribution in [-0.2, 0) is 10.0 Å². The van der Waals surface area contributed by atoms with E-state index in [2.05, 4.69) is 4.98 Å². The first-order valence-electron chi connectivity index (χ1n) is 11.1. The molecule has 1 aliphatic rings. The number of ether oxygens (including phenoxy) is 1. The summed E-state index contributed by atoms with van der Waals surface area (Å²) < 4.78 is 32.3. The van der Waals surface area contributed by atoms with Crippen LogP contribution in [0.25, 0.3) is 0 Å². The molecule has 2 heterocycles. The number of nitro groups is 1. The number of rotatable bonds is 9. The second-order valence-corrected chi connectivity index (χ2v) is 9.50. The molecule has 1 aromatic carbocycles. The third-order valence-corrected chi connectivity index (χ3v) is 7.72. The molecule has 2 aromatic rings. The summed E-state index contributed by atoms with van der Waals surface area (Å²) in [5.41, 5.74) is 0.417. The van der Waals surface area contributed by atoms with Crippen molar-refractivity contribution < 1.29 is 22.9 Å². The maximum Gasteiger partial charge on any atom is 0.293 e. The molecule has 1 aromatic heterocycles. The van der Waals surface area contributed by atoms with E-state index in [9.17, 15) is 23.3 Å². The summed E-state index contributed by atoms with van der Waals surface area (Å²) in [4.78, 5) is 31.7. The molecule has 11 nitrogen and oxygen atoms in total. The number of sulfonamides is 1. The number of aromatic nitrogens is 1. The number of hydrogen-bond acceptors (Lipinski definition) is 8. The molecule has 3 rings (SSSR count). The lowest BCUT2D eigenvalue weighted by molar-refractivity contribution is -0.384. The average molecular weight is 492 g/mol. The van der Waals surface area contributed by atoms with Crippen molar-refractivity contribution in [1.29, 1.82) is 0 Å². The van der Waals surface area contributed by atoms with E-state index < -0.39 is 14.9 Å². The van der Waals surface area contributed by atoms with Crippen molar-refractivity contribution in [3.63, 3.8) is 0 Å². The molecule has 12 heteroatoms. The number of carbonyl (C=O) groups is 1. The van der Waals surface area contributed by atoms with E-state index in [1.165, 1.54) is 16.4 Å². The number of hydrogen-bond donors (Lipinski definition) is 0. The minimum Gasteiger partial charge on any atom is -0.477 e. The Kier molecular flexibility index (Phi) is 8.05. The third-order valence-electron chi connectivity index (χ3n) is 5.68. The third kappa shape index (κ3) is 5.12. The van der Waals surface area contributed by atoms with E-state index in [1.54, 1.807) is 42.0 Å². The summed E-state index contributed by atoms with van der Waals surface area (Å²) in [6, 6.07) is 7.32. The second kappa shape index (κ2) is 10.8. The fourth-order valence-corrected chi connectivity index (χ4v) is 5.39. The number of amides is 1. The van der Waals surface area contributed by atoms with Crippen molar-refractivity contribution in [1.82, 2.24) is 14.2 Å². The van der Waals surface area contributed by atoms with E-state index >= 15 is 0 Å². The highest BCUT2D eigenvalue weighted by molar-refractivity contribution is 7.89. The van der Waals surface area contributed by atoms with E-state index in [1.807, 2.05) is 6.92 Å². The monoisotopic (exact) mass is 491 g/mol. The number of benzene rings is 1. The first kappa shape index (κ1) is 25.4. The Bertz CT molecular complexity index is 1140. The summed E-state index contributed by atoms with van der Waals surface area (Å²) in [5, 5.41) is 11.8. The minimum absolute atomic E-state index is 0.111. The summed E-state index contributed by atoms with van der Waals surface area (Å²) in [5.74, 6) is 0.0597. The van der Waals surface area contributed by atoms with Gasteiger partial charge in [-0.25, -0.2) is 13.4 Å². The first-order chi connectivity index (χ1) is 16.2. The van der Waals surface area contributed by atoms with Gasteiger partial charge in [0.1, 0.15) is 11.3 Å². The fraction of sp³-hybridized carbons (Fsp3) is 0.455. The number of anilines is 1. The lowest BCUT2D eigenvalue weighted by atomic mass is 10.2. The Morgan fingerprint density at radius 3 is 2.41 bits per heavy atom. The van der Waals surface area contributed by atoms with Crippen LogP contribution in [0, 0.1) is 10.1 Å². The Balaban J connectivity index is 1.80. The smallest absolute Gasteiger partial charge is 0.293 e. The fourth-order valence-electron chi connectivity index (χ4n) is 3.92. The molecule has 0 bridgehead atoms. The molecule has 34 heavy (non-hydrogen) atoms. The van der Waals surface area contributed by atoms with Gasteiger partial charge in [0.2, 0.25) is 15.9 Å². The van der Waals surface area contributed by atoms with Gasteiger partial charge in [-0.15, -0.1) is 0 Å². The van der Waals surface area contributed by atoms with Crippen LogP contribution in [0.15, 0.2) is 41.4 Å². The van der Waals surface area contributed by atoms with Crippen molar-refractivity contribution in [3.8, 4) is 5.88 Å². The zero-order valence-electron chi connectivity index (χ0n) is 19.5. The lowest BCUT2D eigenvalue weighted by Crippen LogP contribution is -2.49. The van der Waals surface area contributed by atoms with Gasteiger partial charge in [0.15, 0.2) is 0 Å². The van der Waals surface area contributed by atoms with Crippen molar-refractivity contribution >= 4 is 27.3 Å². The largest absolute Gasteiger partial charge is 0.477 e. The molecule has 0 saturated carbocycles.